The molecule has 0 unspecified atom stereocenters. The zero-order chi connectivity index (χ0) is 26.9. The molecule has 5 rings (SSSR count). The average molecular weight is 548 g/mol. The highest BCUT2D eigenvalue weighted by atomic mass is 35.5. The van der Waals surface area contributed by atoms with Crippen LogP contribution in [0, 0.1) is 13.8 Å². The summed E-state index contributed by atoms with van der Waals surface area (Å²) in [5.41, 5.74) is 7.12. The number of likely N-dealkylation sites (N-methyl/N-ethyl adjacent to an activating group) is 1. The van der Waals surface area contributed by atoms with Crippen molar-refractivity contribution in [2.24, 2.45) is 0 Å². The summed E-state index contributed by atoms with van der Waals surface area (Å²) < 4.78 is 0. The molecule has 1 spiro atoms. The van der Waals surface area contributed by atoms with Gasteiger partial charge in [0.05, 0.1) is 10.0 Å². The van der Waals surface area contributed by atoms with Gasteiger partial charge in [0.1, 0.15) is 0 Å². The fourth-order valence-electron chi connectivity index (χ4n) is 6.25. The molecule has 1 aliphatic carbocycles. The van der Waals surface area contributed by atoms with E-state index in [4.69, 9.17) is 23.2 Å². The van der Waals surface area contributed by atoms with Gasteiger partial charge in [0, 0.05) is 30.5 Å². The van der Waals surface area contributed by atoms with Crippen molar-refractivity contribution in [3.63, 3.8) is 0 Å². The van der Waals surface area contributed by atoms with E-state index in [1.165, 1.54) is 11.1 Å². The number of likely N-dealkylation sites (tertiary alicyclic amines) is 1. The summed E-state index contributed by atoms with van der Waals surface area (Å²) in [4.78, 5) is 17.8. The standard InChI is InChI=1S/C33H36Cl2N2O/c1-23-18-24(2)20-28(19-23)32(38)36(3)22-27(26-8-9-30(34)31(35)21-26)11-15-37-16-13-33(14-17-37)12-10-25-6-4-5-7-29(25)33/h4-10,12,18-21,27H,11,13-17,22H2,1-3H3/t27-/m1/s1. The quantitative estimate of drug-likeness (QED) is 0.300. The molecule has 3 aromatic carbocycles. The van der Waals surface area contributed by atoms with Crippen LogP contribution < -0.4 is 0 Å². The Bertz CT molecular complexity index is 1340. The molecule has 1 atom stereocenters. The van der Waals surface area contributed by atoms with Crippen molar-refractivity contribution in [1.29, 1.82) is 0 Å². The fraction of sp³-hybridized carbons (Fsp3) is 0.364. The SMILES string of the molecule is Cc1cc(C)cc(C(=O)N(C)C[C@@H](CCN2CCC3(C=Cc4ccccc43)CC2)c2ccc(Cl)c(Cl)c2)c1. The number of hydrogen-bond acceptors (Lipinski definition) is 2. The first-order valence-corrected chi connectivity index (χ1v) is 14.3. The largest absolute Gasteiger partial charge is 0.341 e. The Morgan fingerprint density at radius 1 is 0.974 bits per heavy atom. The van der Waals surface area contributed by atoms with Gasteiger partial charge in [-0.2, -0.15) is 0 Å². The first-order chi connectivity index (χ1) is 18.2. The zero-order valence-corrected chi connectivity index (χ0v) is 24.0. The summed E-state index contributed by atoms with van der Waals surface area (Å²) in [5, 5.41) is 1.11. The lowest BCUT2D eigenvalue weighted by molar-refractivity contribution is 0.0781. The van der Waals surface area contributed by atoms with Crippen molar-refractivity contribution in [2.45, 2.75) is 44.4 Å². The number of carbonyl (C=O) groups excluding carboxylic acids is 1. The van der Waals surface area contributed by atoms with Crippen LogP contribution in [0.1, 0.15) is 63.4 Å². The normalized spacial score (nSPS) is 17.0. The Morgan fingerprint density at radius 3 is 2.39 bits per heavy atom. The number of carbonyl (C=O) groups is 1. The van der Waals surface area contributed by atoms with Crippen molar-refractivity contribution < 1.29 is 4.79 Å². The molecule has 3 nitrogen and oxygen atoms in total. The molecule has 3 aromatic rings. The first-order valence-electron chi connectivity index (χ1n) is 13.5. The number of amides is 1. The summed E-state index contributed by atoms with van der Waals surface area (Å²) in [6, 6.07) is 20.7. The van der Waals surface area contributed by atoms with Crippen molar-refractivity contribution in [3.05, 3.63) is 110 Å². The van der Waals surface area contributed by atoms with E-state index in [0.29, 0.717) is 16.6 Å². The topological polar surface area (TPSA) is 23.6 Å². The van der Waals surface area contributed by atoms with Gasteiger partial charge < -0.3 is 9.80 Å². The molecule has 1 fully saturated rings. The molecule has 1 amide bonds. The van der Waals surface area contributed by atoms with Crippen LogP contribution in [-0.4, -0.2) is 48.9 Å². The predicted molar refractivity (Wildman–Crippen MR) is 160 cm³/mol. The molecular formula is C33H36Cl2N2O. The molecule has 0 saturated carbocycles. The number of hydrogen-bond donors (Lipinski definition) is 0. The number of halogens is 2. The maximum absolute atomic E-state index is 13.3. The Balaban J connectivity index is 1.27. The molecule has 0 radical (unpaired) electrons. The Morgan fingerprint density at radius 2 is 1.68 bits per heavy atom. The number of fused-ring (bicyclic) bond motifs is 2. The van der Waals surface area contributed by atoms with Crippen molar-refractivity contribution in [3.8, 4) is 0 Å². The molecule has 1 aliphatic heterocycles. The predicted octanol–water partition coefficient (Wildman–Crippen LogP) is 7.92. The summed E-state index contributed by atoms with van der Waals surface area (Å²) in [6.45, 7) is 7.82. The maximum Gasteiger partial charge on any atom is 0.253 e. The lowest BCUT2D eigenvalue weighted by Crippen LogP contribution is -2.42. The zero-order valence-electron chi connectivity index (χ0n) is 22.5. The van der Waals surface area contributed by atoms with Gasteiger partial charge in [-0.1, -0.05) is 82.9 Å². The molecule has 5 heteroatoms. The fourth-order valence-corrected chi connectivity index (χ4v) is 6.55. The van der Waals surface area contributed by atoms with Gasteiger partial charge in [-0.3, -0.25) is 4.79 Å². The maximum atomic E-state index is 13.3. The van der Waals surface area contributed by atoms with Gasteiger partial charge >= 0.3 is 0 Å². The molecule has 1 saturated heterocycles. The molecule has 1 heterocycles. The van der Waals surface area contributed by atoms with E-state index in [-0.39, 0.29) is 17.2 Å². The number of allylic oxidation sites excluding steroid dienone is 1. The second-order valence-electron chi connectivity index (χ2n) is 11.1. The van der Waals surface area contributed by atoms with Gasteiger partial charge in [-0.15, -0.1) is 0 Å². The Labute approximate surface area is 237 Å². The second kappa shape index (κ2) is 11.3. The van der Waals surface area contributed by atoms with Crippen LogP contribution in [0.4, 0.5) is 0 Å². The van der Waals surface area contributed by atoms with Crippen LogP contribution in [0.2, 0.25) is 10.0 Å². The van der Waals surface area contributed by atoms with Crippen LogP contribution in [0.5, 0.6) is 0 Å². The van der Waals surface area contributed by atoms with E-state index < -0.39 is 0 Å². The second-order valence-corrected chi connectivity index (χ2v) is 12.0. The molecule has 0 bridgehead atoms. The van der Waals surface area contributed by atoms with Gasteiger partial charge in [0.2, 0.25) is 0 Å². The van der Waals surface area contributed by atoms with Crippen LogP contribution in [-0.2, 0) is 5.41 Å². The summed E-state index contributed by atoms with van der Waals surface area (Å²) >= 11 is 12.7. The van der Waals surface area contributed by atoms with Gasteiger partial charge in [-0.25, -0.2) is 0 Å². The summed E-state index contributed by atoms with van der Waals surface area (Å²) in [5.74, 6) is 0.209. The third kappa shape index (κ3) is 5.71. The highest BCUT2D eigenvalue weighted by molar-refractivity contribution is 6.42. The minimum atomic E-state index is 0.0495. The lowest BCUT2D eigenvalue weighted by Gasteiger charge is -2.40. The number of benzene rings is 3. The van der Waals surface area contributed by atoms with E-state index in [9.17, 15) is 4.79 Å². The van der Waals surface area contributed by atoms with Crippen molar-refractivity contribution in [2.75, 3.05) is 33.2 Å². The minimum Gasteiger partial charge on any atom is -0.341 e. The minimum absolute atomic E-state index is 0.0495. The van der Waals surface area contributed by atoms with E-state index in [1.807, 2.05) is 50.1 Å². The van der Waals surface area contributed by atoms with Crippen LogP contribution >= 0.6 is 23.2 Å². The number of nitrogens with zero attached hydrogens (tertiary/aromatic N) is 2. The number of aryl methyl sites for hydroxylation is 2. The van der Waals surface area contributed by atoms with Crippen molar-refractivity contribution >= 4 is 35.2 Å². The van der Waals surface area contributed by atoms with Crippen LogP contribution in [0.15, 0.2) is 66.7 Å². The van der Waals surface area contributed by atoms with E-state index in [2.05, 4.69) is 53.5 Å². The molecule has 0 aromatic heterocycles. The monoisotopic (exact) mass is 546 g/mol. The number of rotatable bonds is 7. The van der Waals surface area contributed by atoms with Crippen LogP contribution in [0.25, 0.3) is 6.08 Å². The highest BCUT2D eigenvalue weighted by Gasteiger charge is 2.37. The number of piperidine rings is 1. The van der Waals surface area contributed by atoms with E-state index >= 15 is 0 Å². The highest BCUT2D eigenvalue weighted by Crippen LogP contribution is 2.43. The Hall–Kier alpha value is -2.59. The third-order valence-corrected chi connectivity index (χ3v) is 9.08. The Kier molecular flexibility index (Phi) is 8.00. The van der Waals surface area contributed by atoms with Gasteiger partial charge in [0.25, 0.3) is 5.91 Å². The average Bonchev–Trinajstić information content (AvgIpc) is 3.26. The van der Waals surface area contributed by atoms with E-state index in [0.717, 1.165) is 61.2 Å². The van der Waals surface area contributed by atoms with Crippen LogP contribution in [0.3, 0.4) is 0 Å². The lowest BCUT2D eigenvalue weighted by atomic mass is 9.74. The summed E-state index contributed by atoms with van der Waals surface area (Å²) in [7, 11) is 1.90. The smallest absolute Gasteiger partial charge is 0.253 e. The first kappa shape index (κ1) is 27.0. The molecule has 38 heavy (non-hydrogen) atoms. The van der Waals surface area contributed by atoms with E-state index in [1.54, 1.807) is 0 Å². The summed E-state index contributed by atoms with van der Waals surface area (Å²) in [6.07, 6.45) is 7.96. The van der Waals surface area contributed by atoms with Crippen molar-refractivity contribution in [1.82, 2.24) is 9.80 Å². The molecule has 2 aliphatic rings. The molecule has 198 valence electrons. The molecular weight excluding hydrogens is 511 g/mol. The van der Waals surface area contributed by atoms with Gasteiger partial charge in [-0.05, 0) is 93.7 Å². The van der Waals surface area contributed by atoms with Gasteiger partial charge in [0.15, 0.2) is 0 Å². The molecule has 0 N–H and O–H groups in total. The third-order valence-electron chi connectivity index (χ3n) is 8.35.